The highest BCUT2D eigenvalue weighted by Crippen LogP contribution is 2.35. The van der Waals surface area contributed by atoms with Gasteiger partial charge in [-0.05, 0) is 73.9 Å². The summed E-state index contributed by atoms with van der Waals surface area (Å²) in [5.41, 5.74) is 7.05. The van der Waals surface area contributed by atoms with Gasteiger partial charge in [0.2, 0.25) is 0 Å². The molecule has 3 rings (SSSR count). The molecule has 0 aliphatic carbocycles. The molecular weight excluding hydrogens is 338 g/mol. The lowest BCUT2D eigenvalue weighted by Crippen LogP contribution is -2.09. The number of nitrogens with zero attached hydrogens (tertiary/aromatic N) is 1. The first kappa shape index (κ1) is 19.4. The van der Waals surface area contributed by atoms with Gasteiger partial charge in [-0.2, -0.15) is 0 Å². The van der Waals surface area contributed by atoms with Crippen LogP contribution >= 0.6 is 0 Å². The molecule has 0 unspecified atom stereocenters. The third kappa shape index (κ3) is 4.69. The number of allylic oxidation sites excluding steroid dienone is 3. The van der Waals surface area contributed by atoms with Crippen LogP contribution in [0.3, 0.4) is 0 Å². The van der Waals surface area contributed by atoms with Crippen molar-refractivity contribution in [2.24, 2.45) is 0 Å². The predicted molar refractivity (Wildman–Crippen MR) is 125 cm³/mol. The van der Waals surface area contributed by atoms with Crippen LogP contribution in [0.25, 0.3) is 18.2 Å². The number of rotatable bonds is 6. The van der Waals surface area contributed by atoms with Crippen LogP contribution in [0.1, 0.15) is 37.5 Å². The Morgan fingerprint density at radius 3 is 0.893 bits per heavy atom. The Kier molecular flexibility index (Phi) is 6.64. The van der Waals surface area contributed by atoms with Gasteiger partial charge in [-0.3, -0.25) is 0 Å². The molecule has 0 heterocycles. The van der Waals surface area contributed by atoms with Crippen LogP contribution in [0.15, 0.2) is 91.0 Å². The van der Waals surface area contributed by atoms with Crippen molar-refractivity contribution in [3.05, 3.63) is 108 Å². The fourth-order valence-corrected chi connectivity index (χ4v) is 3.23. The fraction of sp³-hybridized carbons (Fsp3) is 0.111. The van der Waals surface area contributed by atoms with Crippen LogP contribution in [-0.4, -0.2) is 0 Å². The molecule has 3 aromatic rings. The largest absolute Gasteiger partial charge is 0.311 e. The molecule has 0 aliphatic rings. The molecule has 1 nitrogen and oxygen atoms in total. The van der Waals surface area contributed by atoms with Crippen molar-refractivity contribution in [1.29, 1.82) is 0 Å². The molecule has 3 aromatic carbocycles. The van der Waals surface area contributed by atoms with Gasteiger partial charge in [-0.15, -0.1) is 0 Å². The van der Waals surface area contributed by atoms with E-state index in [2.05, 4.69) is 114 Å². The van der Waals surface area contributed by atoms with E-state index in [9.17, 15) is 0 Å². The molecular formula is C27H27N. The van der Waals surface area contributed by atoms with Gasteiger partial charge in [0.25, 0.3) is 0 Å². The third-order valence-electron chi connectivity index (χ3n) is 4.53. The normalized spacial score (nSPS) is 11.7. The monoisotopic (exact) mass is 365 g/mol. The van der Waals surface area contributed by atoms with Crippen molar-refractivity contribution in [3.8, 4) is 0 Å². The lowest BCUT2D eigenvalue weighted by Gasteiger charge is -2.26. The molecule has 0 bridgehead atoms. The van der Waals surface area contributed by atoms with E-state index in [4.69, 9.17) is 0 Å². The highest BCUT2D eigenvalue weighted by atomic mass is 15.1. The zero-order valence-corrected chi connectivity index (χ0v) is 16.8. The number of anilines is 3. The van der Waals surface area contributed by atoms with Gasteiger partial charge in [0.15, 0.2) is 0 Å². The summed E-state index contributed by atoms with van der Waals surface area (Å²) in [4.78, 5) is 2.29. The molecule has 0 aliphatic heterocycles. The highest BCUT2D eigenvalue weighted by Gasteiger charge is 2.12. The maximum atomic E-state index is 2.29. The summed E-state index contributed by atoms with van der Waals surface area (Å²) in [5.74, 6) is 0. The first-order valence-corrected chi connectivity index (χ1v) is 9.73. The first-order valence-electron chi connectivity index (χ1n) is 9.73. The number of hydrogen-bond acceptors (Lipinski definition) is 1. The van der Waals surface area contributed by atoms with E-state index in [1.54, 1.807) is 0 Å². The van der Waals surface area contributed by atoms with E-state index in [1.807, 2.05) is 20.8 Å². The second-order valence-electron chi connectivity index (χ2n) is 6.61. The Labute approximate surface area is 169 Å². The maximum Gasteiger partial charge on any atom is 0.0462 e. The van der Waals surface area contributed by atoms with Crippen molar-refractivity contribution < 1.29 is 0 Å². The SMILES string of the molecule is C/C=C/c1ccc(N(c2ccc(/C=C/C)cc2)c2ccc(/C=C/C)cc2)cc1. The van der Waals surface area contributed by atoms with Crippen LogP contribution in [0, 0.1) is 0 Å². The van der Waals surface area contributed by atoms with E-state index in [0.717, 1.165) is 17.1 Å². The summed E-state index contributed by atoms with van der Waals surface area (Å²) < 4.78 is 0. The summed E-state index contributed by atoms with van der Waals surface area (Å²) in [6, 6.07) is 26.0. The lowest BCUT2D eigenvalue weighted by molar-refractivity contribution is 1.28. The van der Waals surface area contributed by atoms with Gasteiger partial charge < -0.3 is 4.90 Å². The predicted octanol–water partition coefficient (Wildman–Crippen LogP) is 8.26. The third-order valence-corrected chi connectivity index (χ3v) is 4.53. The Balaban J connectivity index is 2.04. The molecule has 140 valence electrons. The van der Waals surface area contributed by atoms with Gasteiger partial charge in [0.1, 0.15) is 0 Å². The molecule has 0 fully saturated rings. The van der Waals surface area contributed by atoms with Crippen LogP contribution in [0.4, 0.5) is 17.1 Å². The fourth-order valence-electron chi connectivity index (χ4n) is 3.23. The molecule has 0 aromatic heterocycles. The van der Waals surface area contributed by atoms with Crippen LogP contribution in [-0.2, 0) is 0 Å². The van der Waals surface area contributed by atoms with E-state index in [-0.39, 0.29) is 0 Å². The van der Waals surface area contributed by atoms with Crippen LogP contribution in [0.5, 0.6) is 0 Å². The average Bonchev–Trinajstić information content (AvgIpc) is 2.73. The Hall–Kier alpha value is -3.32. The molecule has 0 N–H and O–H groups in total. The molecule has 0 saturated carbocycles. The Bertz CT molecular complexity index is 824. The standard InChI is InChI=1S/C27H27N/c1-4-7-22-10-16-25(17-11-22)28(26-18-12-23(8-5-2)13-19-26)27-20-14-24(9-6-3)15-21-27/h4-21H,1-3H3/b7-4+,8-5+,9-6+. The zero-order valence-electron chi connectivity index (χ0n) is 16.8. The molecule has 0 radical (unpaired) electrons. The summed E-state index contributed by atoms with van der Waals surface area (Å²) in [6.45, 7) is 6.12. The van der Waals surface area contributed by atoms with Gasteiger partial charge in [-0.1, -0.05) is 72.9 Å². The Morgan fingerprint density at radius 1 is 0.429 bits per heavy atom. The van der Waals surface area contributed by atoms with E-state index < -0.39 is 0 Å². The van der Waals surface area contributed by atoms with Crippen molar-refractivity contribution >= 4 is 35.3 Å². The second kappa shape index (κ2) is 9.57. The summed E-state index contributed by atoms with van der Waals surface area (Å²) >= 11 is 0. The van der Waals surface area contributed by atoms with E-state index >= 15 is 0 Å². The average molecular weight is 366 g/mol. The topological polar surface area (TPSA) is 3.24 Å². The minimum absolute atomic E-state index is 1.14. The molecule has 0 spiro atoms. The maximum absolute atomic E-state index is 2.29. The van der Waals surface area contributed by atoms with Gasteiger partial charge in [-0.25, -0.2) is 0 Å². The minimum atomic E-state index is 1.14. The lowest BCUT2D eigenvalue weighted by atomic mass is 10.1. The quantitative estimate of drug-likeness (QED) is 0.425. The smallest absolute Gasteiger partial charge is 0.0462 e. The summed E-state index contributed by atoms with van der Waals surface area (Å²) in [6.07, 6.45) is 12.5. The molecule has 0 amide bonds. The second-order valence-corrected chi connectivity index (χ2v) is 6.61. The number of benzene rings is 3. The van der Waals surface area contributed by atoms with Gasteiger partial charge in [0, 0.05) is 17.1 Å². The van der Waals surface area contributed by atoms with Gasteiger partial charge >= 0.3 is 0 Å². The molecule has 0 atom stereocenters. The minimum Gasteiger partial charge on any atom is -0.311 e. The van der Waals surface area contributed by atoms with Gasteiger partial charge in [0.05, 0.1) is 0 Å². The first-order chi connectivity index (χ1) is 13.7. The zero-order chi connectivity index (χ0) is 19.8. The highest BCUT2D eigenvalue weighted by molar-refractivity contribution is 5.78. The van der Waals surface area contributed by atoms with Crippen LogP contribution < -0.4 is 4.90 Å². The Morgan fingerprint density at radius 2 is 0.679 bits per heavy atom. The van der Waals surface area contributed by atoms with Crippen molar-refractivity contribution in [2.75, 3.05) is 4.90 Å². The van der Waals surface area contributed by atoms with Crippen molar-refractivity contribution in [1.82, 2.24) is 0 Å². The molecule has 28 heavy (non-hydrogen) atoms. The van der Waals surface area contributed by atoms with Crippen molar-refractivity contribution in [2.45, 2.75) is 20.8 Å². The summed E-state index contributed by atoms with van der Waals surface area (Å²) in [5, 5.41) is 0. The van der Waals surface area contributed by atoms with Crippen molar-refractivity contribution in [3.63, 3.8) is 0 Å². The van der Waals surface area contributed by atoms with E-state index in [0.29, 0.717) is 0 Å². The summed E-state index contributed by atoms with van der Waals surface area (Å²) in [7, 11) is 0. The molecule has 1 heteroatoms. The van der Waals surface area contributed by atoms with Crippen LogP contribution in [0.2, 0.25) is 0 Å². The molecule has 0 saturated heterocycles. The van der Waals surface area contributed by atoms with E-state index in [1.165, 1.54) is 16.7 Å². The number of hydrogen-bond donors (Lipinski definition) is 0.